The molecule has 3 N–H and O–H groups in total. The van der Waals surface area contributed by atoms with Crippen molar-refractivity contribution in [3.63, 3.8) is 0 Å². The number of carboxylic acids is 1. The number of aliphatic imine (C=N–C) groups is 1. The molecule has 0 aromatic carbocycles. The Morgan fingerprint density at radius 2 is 2.19 bits per heavy atom. The van der Waals surface area contributed by atoms with Crippen LogP contribution in [0.25, 0.3) is 0 Å². The average Bonchev–Trinajstić information content (AvgIpc) is 2.80. The monoisotopic (exact) mass is 294 g/mol. The van der Waals surface area contributed by atoms with Crippen LogP contribution in [-0.4, -0.2) is 41.0 Å². The number of aliphatic carboxylic acids is 1. The van der Waals surface area contributed by atoms with Gasteiger partial charge in [0.2, 0.25) is 5.84 Å². The number of nitrogens with two attached hydrogens (primary N) is 1. The number of hydrogen-bond acceptors (Lipinski definition) is 3. The number of nitrogens with zero attached hydrogens (tertiary/aromatic N) is 2. The molecular formula is C16H28N3O2+. The van der Waals surface area contributed by atoms with E-state index in [1.165, 1.54) is 6.42 Å². The van der Waals surface area contributed by atoms with Crippen LogP contribution >= 0.6 is 0 Å². The average molecular weight is 294 g/mol. The van der Waals surface area contributed by atoms with Gasteiger partial charge in [-0.15, -0.1) is 0 Å². The molecule has 5 nitrogen and oxygen atoms in total. The lowest BCUT2D eigenvalue weighted by Crippen LogP contribution is -2.52. The maximum Gasteiger partial charge on any atom is 0.360 e. The summed E-state index contributed by atoms with van der Waals surface area (Å²) < 4.78 is 0.293. The van der Waals surface area contributed by atoms with Crippen molar-refractivity contribution in [3.05, 3.63) is 24.6 Å². The van der Waals surface area contributed by atoms with Crippen LogP contribution in [0.4, 0.5) is 0 Å². The zero-order valence-corrected chi connectivity index (χ0v) is 13.0. The molecule has 0 amide bonds. The minimum absolute atomic E-state index is 0.0335. The Labute approximate surface area is 127 Å². The third-order valence-corrected chi connectivity index (χ3v) is 3.71. The summed E-state index contributed by atoms with van der Waals surface area (Å²) >= 11 is 0. The van der Waals surface area contributed by atoms with E-state index in [1.54, 1.807) is 6.20 Å². The van der Waals surface area contributed by atoms with Gasteiger partial charge in [-0.05, 0) is 25.7 Å². The second kappa shape index (κ2) is 9.47. The predicted molar refractivity (Wildman–Crippen MR) is 85.8 cm³/mol. The summed E-state index contributed by atoms with van der Waals surface area (Å²) in [5.74, 6) is 0.124. The van der Waals surface area contributed by atoms with Crippen molar-refractivity contribution >= 4 is 11.8 Å². The number of carbonyl (C=O) groups is 1. The lowest BCUT2D eigenvalue weighted by atomic mass is 10.1. The van der Waals surface area contributed by atoms with Gasteiger partial charge < -0.3 is 10.8 Å². The van der Waals surface area contributed by atoms with Gasteiger partial charge in [-0.25, -0.2) is 14.3 Å². The molecule has 1 aliphatic heterocycles. The standard InChI is InChI=1S/C16H27N3O2/c1-2-3-4-5-6-7-8-9-15-18-11-13-19(15,12-10-17)14-16(20)21/h3-4,11,13H,2,5-10,12,14,17H2,1H3/p+1/b4-3+. The molecule has 21 heavy (non-hydrogen) atoms. The number of amidine groups is 1. The van der Waals surface area contributed by atoms with Crippen LogP contribution in [0.15, 0.2) is 29.5 Å². The van der Waals surface area contributed by atoms with Crippen molar-refractivity contribution in [2.24, 2.45) is 10.7 Å². The molecule has 0 aliphatic carbocycles. The highest BCUT2D eigenvalue weighted by Gasteiger charge is 2.36. The molecule has 0 radical (unpaired) electrons. The van der Waals surface area contributed by atoms with Gasteiger partial charge >= 0.3 is 5.97 Å². The Bertz CT molecular complexity index is 416. The summed E-state index contributed by atoms with van der Waals surface area (Å²) in [5.41, 5.74) is 5.65. The van der Waals surface area contributed by atoms with Gasteiger partial charge in [0.15, 0.2) is 6.54 Å². The molecular weight excluding hydrogens is 266 g/mol. The molecule has 0 bridgehead atoms. The van der Waals surface area contributed by atoms with E-state index in [1.807, 2.05) is 6.20 Å². The summed E-state index contributed by atoms with van der Waals surface area (Å²) in [6.07, 6.45) is 14.4. The fraction of sp³-hybridized carbons (Fsp3) is 0.625. The number of carboxylic acid groups (broad SMARTS) is 1. The molecule has 0 saturated heterocycles. The van der Waals surface area contributed by atoms with E-state index in [9.17, 15) is 4.79 Å². The van der Waals surface area contributed by atoms with Crippen molar-refractivity contribution in [1.29, 1.82) is 0 Å². The molecule has 0 saturated carbocycles. The van der Waals surface area contributed by atoms with Crippen molar-refractivity contribution < 1.29 is 14.4 Å². The first-order chi connectivity index (χ1) is 10.1. The fourth-order valence-corrected chi connectivity index (χ4v) is 2.64. The smallest absolute Gasteiger partial charge is 0.360 e. The van der Waals surface area contributed by atoms with E-state index in [0.29, 0.717) is 17.6 Å². The molecule has 1 atom stereocenters. The first-order valence-electron chi connectivity index (χ1n) is 7.83. The first kappa shape index (κ1) is 17.6. The van der Waals surface area contributed by atoms with Crippen LogP contribution in [0.2, 0.25) is 0 Å². The number of hydrogen-bond donors (Lipinski definition) is 2. The molecule has 0 aromatic heterocycles. The first-order valence-corrected chi connectivity index (χ1v) is 7.83. The molecule has 0 fully saturated rings. The van der Waals surface area contributed by atoms with Crippen molar-refractivity contribution in [2.45, 2.75) is 45.4 Å². The summed E-state index contributed by atoms with van der Waals surface area (Å²) in [6.45, 7) is 3.23. The van der Waals surface area contributed by atoms with Gasteiger partial charge in [-0.3, -0.25) is 0 Å². The fourth-order valence-electron chi connectivity index (χ4n) is 2.64. The van der Waals surface area contributed by atoms with Crippen LogP contribution in [0.5, 0.6) is 0 Å². The van der Waals surface area contributed by atoms with Crippen molar-refractivity contribution in [1.82, 2.24) is 0 Å². The number of quaternary nitrogens is 1. The van der Waals surface area contributed by atoms with Gasteiger partial charge in [-0.2, -0.15) is 0 Å². The van der Waals surface area contributed by atoms with Crippen molar-refractivity contribution in [3.8, 4) is 0 Å². The van der Waals surface area contributed by atoms with Gasteiger partial charge in [0, 0.05) is 13.0 Å². The van der Waals surface area contributed by atoms with Crippen LogP contribution < -0.4 is 5.73 Å². The Balaban J connectivity index is 2.42. The van der Waals surface area contributed by atoms with E-state index in [-0.39, 0.29) is 6.54 Å². The Morgan fingerprint density at radius 3 is 2.86 bits per heavy atom. The Morgan fingerprint density at radius 1 is 1.38 bits per heavy atom. The number of allylic oxidation sites excluding steroid dienone is 2. The van der Waals surface area contributed by atoms with Crippen LogP contribution in [-0.2, 0) is 4.79 Å². The minimum Gasteiger partial charge on any atom is -0.477 e. The second-order valence-corrected chi connectivity index (χ2v) is 5.42. The maximum absolute atomic E-state index is 11.1. The molecule has 0 aromatic rings. The molecule has 1 aliphatic rings. The molecule has 5 heteroatoms. The highest BCUT2D eigenvalue weighted by atomic mass is 16.4. The summed E-state index contributed by atoms with van der Waals surface area (Å²) in [5, 5.41) is 9.12. The van der Waals surface area contributed by atoms with Crippen molar-refractivity contribution in [2.75, 3.05) is 19.6 Å². The van der Waals surface area contributed by atoms with Gasteiger partial charge in [-0.1, -0.05) is 25.5 Å². The third-order valence-electron chi connectivity index (χ3n) is 3.71. The van der Waals surface area contributed by atoms with E-state index in [0.717, 1.165) is 37.9 Å². The molecule has 0 spiro atoms. The second-order valence-electron chi connectivity index (χ2n) is 5.42. The van der Waals surface area contributed by atoms with Gasteiger partial charge in [0.05, 0.1) is 6.20 Å². The van der Waals surface area contributed by atoms with Gasteiger partial charge in [0.25, 0.3) is 0 Å². The van der Waals surface area contributed by atoms with Crippen LogP contribution in [0, 0.1) is 0 Å². The number of rotatable bonds is 11. The van der Waals surface area contributed by atoms with E-state index in [4.69, 9.17) is 10.8 Å². The Kier molecular flexibility index (Phi) is 7.93. The minimum atomic E-state index is -0.813. The lowest BCUT2D eigenvalue weighted by molar-refractivity contribution is -0.778. The number of unbranched alkanes of at least 4 members (excludes halogenated alkanes) is 3. The van der Waals surface area contributed by atoms with Gasteiger partial charge in [0.1, 0.15) is 12.7 Å². The summed E-state index contributed by atoms with van der Waals surface area (Å²) in [6, 6.07) is 0. The zero-order chi connectivity index (χ0) is 15.6. The molecule has 118 valence electrons. The zero-order valence-electron chi connectivity index (χ0n) is 13.0. The van der Waals surface area contributed by atoms with E-state index < -0.39 is 5.97 Å². The summed E-state index contributed by atoms with van der Waals surface area (Å²) in [7, 11) is 0. The summed E-state index contributed by atoms with van der Waals surface area (Å²) in [4.78, 5) is 15.5. The highest BCUT2D eigenvalue weighted by molar-refractivity contribution is 5.81. The maximum atomic E-state index is 11.1. The largest absolute Gasteiger partial charge is 0.477 e. The third kappa shape index (κ3) is 5.81. The van der Waals surface area contributed by atoms with Crippen LogP contribution in [0.1, 0.15) is 45.4 Å². The normalized spacial score (nSPS) is 21.1. The molecule has 1 rings (SSSR count). The van der Waals surface area contributed by atoms with E-state index >= 15 is 0 Å². The van der Waals surface area contributed by atoms with E-state index in [2.05, 4.69) is 24.1 Å². The quantitative estimate of drug-likeness (QED) is 0.349. The van der Waals surface area contributed by atoms with Crippen LogP contribution in [0.3, 0.4) is 0 Å². The highest BCUT2D eigenvalue weighted by Crippen LogP contribution is 2.20. The molecule has 1 heterocycles. The lowest BCUT2D eigenvalue weighted by Gasteiger charge is -2.30. The topological polar surface area (TPSA) is 75.7 Å². The molecule has 1 unspecified atom stereocenters. The Hall–Kier alpha value is -1.46. The predicted octanol–water partition coefficient (Wildman–Crippen LogP) is 2.65. The SMILES string of the molecule is CC/C=C/CCCCCC1=NC=C[N+]1(CCN)CC(=O)O.